The maximum atomic E-state index is 13.2. The minimum Gasteiger partial charge on any atom is -0.318 e. The lowest BCUT2D eigenvalue weighted by Gasteiger charge is -2.25. The molecule has 0 aliphatic carbocycles. The number of hydrazine groups is 1. The Kier molecular flexibility index (Phi) is 6.51. The van der Waals surface area contributed by atoms with Gasteiger partial charge >= 0.3 is 6.03 Å². The van der Waals surface area contributed by atoms with Gasteiger partial charge in [-0.1, -0.05) is 49.4 Å². The van der Waals surface area contributed by atoms with Crippen LogP contribution >= 0.6 is 11.3 Å². The molecule has 0 bridgehead atoms. The van der Waals surface area contributed by atoms with Crippen LogP contribution in [0.4, 0.5) is 4.79 Å². The molecule has 1 atom stereocenters. The van der Waals surface area contributed by atoms with Crippen molar-refractivity contribution in [2.45, 2.75) is 30.3 Å². The fourth-order valence-electron chi connectivity index (χ4n) is 3.67. The highest BCUT2D eigenvalue weighted by Crippen LogP contribution is 2.31. The van der Waals surface area contributed by atoms with Crippen LogP contribution in [0.2, 0.25) is 0 Å². The zero-order valence-corrected chi connectivity index (χ0v) is 19.8. The maximum Gasteiger partial charge on any atom is 0.344 e. The third-order valence-corrected chi connectivity index (χ3v) is 7.80. The predicted octanol–water partition coefficient (Wildman–Crippen LogP) is 2.73. The highest BCUT2D eigenvalue weighted by molar-refractivity contribution is 7.89. The minimum atomic E-state index is -3.88. The number of carbonyl (C=O) groups is 3. The Hall–Kier alpha value is -3.54. The molecule has 0 radical (unpaired) electrons. The molecule has 3 N–H and O–H groups in total. The Morgan fingerprint density at radius 1 is 1.06 bits per heavy atom. The Balaban J connectivity index is 1.52. The van der Waals surface area contributed by atoms with Crippen molar-refractivity contribution in [1.82, 2.24) is 20.5 Å². The summed E-state index contributed by atoms with van der Waals surface area (Å²) >= 11 is 1.42. The normalized spacial score (nSPS) is 18.1. The van der Waals surface area contributed by atoms with Crippen LogP contribution in [-0.4, -0.2) is 31.3 Å². The van der Waals surface area contributed by atoms with E-state index in [-0.39, 0.29) is 23.4 Å². The first-order valence-corrected chi connectivity index (χ1v) is 12.8. The predicted molar refractivity (Wildman–Crippen MR) is 126 cm³/mol. The van der Waals surface area contributed by atoms with E-state index in [1.807, 2.05) is 11.4 Å². The van der Waals surface area contributed by atoms with Gasteiger partial charge in [-0.05, 0) is 41.6 Å². The second-order valence-electron chi connectivity index (χ2n) is 7.57. The van der Waals surface area contributed by atoms with Gasteiger partial charge in [0.25, 0.3) is 11.8 Å². The zero-order chi connectivity index (χ0) is 24.3. The minimum absolute atomic E-state index is 0.0201. The summed E-state index contributed by atoms with van der Waals surface area (Å²) in [5.41, 5.74) is 1.58. The van der Waals surface area contributed by atoms with Gasteiger partial charge in [-0.25, -0.2) is 17.9 Å². The molecule has 0 saturated carbocycles. The van der Waals surface area contributed by atoms with Crippen LogP contribution in [0.1, 0.15) is 34.1 Å². The molecule has 1 aromatic heterocycles. The molecule has 1 saturated heterocycles. The second-order valence-corrected chi connectivity index (χ2v) is 10.4. The van der Waals surface area contributed by atoms with E-state index in [2.05, 4.69) is 15.5 Å². The van der Waals surface area contributed by atoms with Crippen molar-refractivity contribution >= 4 is 39.2 Å². The number of nitrogens with one attached hydrogen (secondary N) is 3. The monoisotopic (exact) mass is 498 g/mol. The van der Waals surface area contributed by atoms with Crippen LogP contribution in [0.3, 0.4) is 0 Å². The first-order valence-electron chi connectivity index (χ1n) is 10.4. The summed E-state index contributed by atoms with van der Waals surface area (Å²) in [4.78, 5) is 39.4. The fourth-order valence-corrected chi connectivity index (χ4v) is 5.46. The van der Waals surface area contributed by atoms with E-state index in [4.69, 9.17) is 0 Å². The lowest BCUT2D eigenvalue weighted by molar-refractivity contribution is -0.133. The number of carbonyl (C=O) groups excluding carboxylic acids is 3. The van der Waals surface area contributed by atoms with E-state index in [1.54, 1.807) is 43.3 Å². The van der Waals surface area contributed by atoms with Crippen LogP contribution < -0.4 is 15.5 Å². The maximum absolute atomic E-state index is 13.2. The van der Waals surface area contributed by atoms with Crippen LogP contribution in [0, 0.1) is 0 Å². The van der Waals surface area contributed by atoms with E-state index in [9.17, 15) is 22.8 Å². The van der Waals surface area contributed by atoms with Crippen LogP contribution in [0.5, 0.6) is 0 Å². The molecular formula is C23H22N4O5S2. The summed E-state index contributed by atoms with van der Waals surface area (Å²) in [6.07, 6.45) is 0.275. The number of imide groups is 1. The number of benzene rings is 2. The van der Waals surface area contributed by atoms with Gasteiger partial charge in [0.15, 0.2) is 0 Å². The fraction of sp³-hybridized carbons (Fsp3) is 0.174. The van der Waals surface area contributed by atoms with E-state index < -0.39 is 33.4 Å². The van der Waals surface area contributed by atoms with Crippen LogP contribution in [0.15, 0.2) is 77.0 Å². The number of sulfonamides is 1. The van der Waals surface area contributed by atoms with E-state index in [0.29, 0.717) is 10.6 Å². The van der Waals surface area contributed by atoms with Crippen molar-refractivity contribution in [3.63, 3.8) is 0 Å². The van der Waals surface area contributed by atoms with Gasteiger partial charge in [-0.3, -0.25) is 15.0 Å². The first-order chi connectivity index (χ1) is 16.3. The van der Waals surface area contributed by atoms with Crippen molar-refractivity contribution in [1.29, 1.82) is 0 Å². The molecule has 176 valence electrons. The number of nitrogens with zero attached hydrogens (tertiary/aromatic N) is 1. The highest BCUT2D eigenvalue weighted by atomic mass is 32.2. The number of hydrogen-bond donors (Lipinski definition) is 3. The Morgan fingerprint density at radius 2 is 1.82 bits per heavy atom. The van der Waals surface area contributed by atoms with Crippen molar-refractivity contribution in [3.8, 4) is 0 Å². The molecule has 3 aromatic rings. The lowest BCUT2D eigenvalue weighted by Crippen LogP contribution is -2.48. The Labute approximate surface area is 200 Å². The Morgan fingerprint density at radius 3 is 2.50 bits per heavy atom. The van der Waals surface area contributed by atoms with E-state index >= 15 is 0 Å². The smallest absolute Gasteiger partial charge is 0.318 e. The third kappa shape index (κ3) is 4.45. The average Bonchev–Trinajstić information content (AvgIpc) is 3.46. The van der Waals surface area contributed by atoms with Crippen molar-refractivity contribution < 1.29 is 22.8 Å². The molecular weight excluding hydrogens is 476 g/mol. The quantitative estimate of drug-likeness (QED) is 0.412. The van der Waals surface area contributed by atoms with E-state index in [0.717, 1.165) is 4.88 Å². The van der Waals surface area contributed by atoms with Gasteiger partial charge in [0.05, 0.1) is 4.90 Å². The lowest BCUT2D eigenvalue weighted by atomic mass is 9.87. The van der Waals surface area contributed by atoms with Crippen molar-refractivity contribution in [3.05, 3.63) is 88.1 Å². The summed E-state index contributed by atoms with van der Waals surface area (Å²) in [6, 6.07) is 17.0. The highest BCUT2D eigenvalue weighted by Gasteiger charge is 2.52. The number of thiophene rings is 1. The number of rotatable bonds is 8. The molecule has 1 fully saturated rings. The summed E-state index contributed by atoms with van der Waals surface area (Å²) in [5, 5.41) is 5.15. The SMILES string of the molecule is CC[C@]1(c2ccccc2)NC(=O)N(NC(=O)c2cccc(S(=O)(=O)NCc3cccs3)c2)C1=O. The molecule has 0 unspecified atom stereocenters. The van der Waals surface area contributed by atoms with Crippen LogP contribution in [0.25, 0.3) is 0 Å². The van der Waals surface area contributed by atoms with Crippen molar-refractivity contribution in [2.75, 3.05) is 0 Å². The molecule has 2 heterocycles. The molecule has 9 nitrogen and oxygen atoms in total. The third-order valence-electron chi connectivity index (χ3n) is 5.52. The van der Waals surface area contributed by atoms with E-state index in [1.165, 1.54) is 35.6 Å². The van der Waals surface area contributed by atoms with Gasteiger partial charge in [0.1, 0.15) is 5.54 Å². The summed E-state index contributed by atoms with van der Waals surface area (Å²) in [7, 11) is -3.88. The molecule has 34 heavy (non-hydrogen) atoms. The second kappa shape index (κ2) is 9.37. The van der Waals surface area contributed by atoms with Gasteiger partial charge in [-0.15, -0.1) is 11.3 Å². The van der Waals surface area contributed by atoms with Gasteiger partial charge in [0.2, 0.25) is 10.0 Å². The Bertz CT molecular complexity index is 1330. The van der Waals surface area contributed by atoms with Gasteiger partial charge in [-0.2, -0.15) is 5.01 Å². The molecule has 4 rings (SSSR count). The summed E-state index contributed by atoms with van der Waals surface area (Å²) in [5.74, 6) is -1.42. The summed E-state index contributed by atoms with van der Waals surface area (Å²) in [6.45, 7) is 1.88. The average molecular weight is 499 g/mol. The number of urea groups is 1. The molecule has 1 aliphatic heterocycles. The number of hydrogen-bond acceptors (Lipinski definition) is 6. The summed E-state index contributed by atoms with van der Waals surface area (Å²) < 4.78 is 27.8. The number of amides is 4. The standard InChI is InChI=1S/C23H22N4O5S2/c1-2-23(17-9-4-3-5-10-17)21(29)27(22(30)25-23)26-20(28)16-8-6-12-19(14-16)34(31,32)24-15-18-11-7-13-33-18/h3-14,24H,2,15H2,1H3,(H,25,30)(H,26,28)/t23-/m1/s1. The molecule has 1 aliphatic rings. The van der Waals surface area contributed by atoms with Crippen LogP contribution in [-0.2, 0) is 26.9 Å². The first kappa shape index (κ1) is 23.6. The molecule has 2 aromatic carbocycles. The van der Waals surface area contributed by atoms with Crippen molar-refractivity contribution in [2.24, 2.45) is 0 Å². The molecule has 11 heteroatoms. The van der Waals surface area contributed by atoms with Gasteiger partial charge in [0, 0.05) is 17.0 Å². The van der Waals surface area contributed by atoms with Gasteiger partial charge < -0.3 is 5.32 Å². The zero-order valence-electron chi connectivity index (χ0n) is 18.1. The molecule has 4 amide bonds. The molecule has 0 spiro atoms. The largest absolute Gasteiger partial charge is 0.344 e. The topological polar surface area (TPSA) is 125 Å².